The largest absolute Gasteiger partial charge is 0.269 e. The number of nitrogens with zero attached hydrogens (tertiary/aromatic N) is 6. The first-order valence-electron chi connectivity index (χ1n) is 6.90. The van der Waals surface area contributed by atoms with E-state index in [9.17, 15) is 4.79 Å². The zero-order valence-electron chi connectivity index (χ0n) is 12.4. The van der Waals surface area contributed by atoms with E-state index in [1.165, 1.54) is 23.1 Å². The standard InChI is InChI=1S/C14H12N6OS2/c1-8-5-11-17-18-14(20(11)9(2)15-8)23-7-10-6-12(21)19-3-4-22-13(19)16-10/h3-6H,7H2,1-2H3. The smallest absolute Gasteiger partial charge is 0.258 e. The second kappa shape index (κ2) is 5.43. The van der Waals surface area contributed by atoms with Crippen LogP contribution in [-0.4, -0.2) is 29.0 Å². The molecule has 23 heavy (non-hydrogen) atoms. The number of hydrogen-bond acceptors (Lipinski definition) is 7. The number of thiazole rings is 1. The van der Waals surface area contributed by atoms with Crippen molar-refractivity contribution in [1.82, 2.24) is 29.0 Å². The summed E-state index contributed by atoms with van der Waals surface area (Å²) < 4.78 is 3.45. The summed E-state index contributed by atoms with van der Waals surface area (Å²) in [6.45, 7) is 3.86. The van der Waals surface area contributed by atoms with E-state index in [2.05, 4.69) is 20.2 Å². The normalized spacial score (nSPS) is 11.6. The van der Waals surface area contributed by atoms with Gasteiger partial charge in [0.2, 0.25) is 0 Å². The van der Waals surface area contributed by atoms with Crippen LogP contribution >= 0.6 is 23.1 Å². The molecule has 0 fully saturated rings. The van der Waals surface area contributed by atoms with Crippen molar-refractivity contribution in [1.29, 1.82) is 0 Å². The summed E-state index contributed by atoms with van der Waals surface area (Å²) in [6.07, 6.45) is 1.73. The predicted molar refractivity (Wildman–Crippen MR) is 89.2 cm³/mol. The molecular formula is C14H12N6OS2. The van der Waals surface area contributed by atoms with E-state index in [4.69, 9.17) is 0 Å². The average molecular weight is 344 g/mol. The average Bonchev–Trinajstić information content (AvgIpc) is 3.11. The molecule has 9 heteroatoms. The van der Waals surface area contributed by atoms with Crippen molar-refractivity contribution in [3.63, 3.8) is 0 Å². The van der Waals surface area contributed by atoms with Crippen molar-refractivity contribution in [2.75, 3.05) is 0 Å². The fraction of sp³-hybridized carbons (Fsp3) is 0.214. The van der Waals surface area contributed by atoms with Crippen LogP contribution in [0, 0.1) is 13.8 Å². The minimum Gasteiger partial charge on any atom is -0.269 e. The van der Waals surface area contributed by atoms with E-state index in [0.29, 0.717) is 10.7 Å². The highest BCUT2D eigenvalue weighted by Gasteiger charge is 2.11. The zero-order chi connectivity index (χ0) is 16.0. The molecule has 0 aromatic carbocycles. The molecule has 0 aliphatic carbocycles. The van der Waals surface area contributed by atoms with E-state index >= 15 is 0 Å². The molecule has 0 saturated heterocycles. The van der Waals surface area contributed by atoms with Gasteiger partial charge in [0.1, 0.15) is 5.82 Å². The molecule has 0 spiro atoms. The monoisotopic (exact) mass is 344 g/mol. The summed E-state index contributed by atoms with van der Waals surface area (Å²) in [7, 11) is 0. The quantitative estimate of drug-likeness (QED) is 0.530. The molecule has 0 aliphatic rings. The van der Waals surface area contributed by atoms with Crippen LogP contribution in [-0.2, 0) is 5.75 Å². The van der Waals surface area contributed by atoms with Crippen molar-refractivity contribution in [3.8, 4) is 0 Å². The molecule has 7 nitrogen and oxygen atoms in total. The predicted octanol–water partition coefficient (Wildman–Crippen LogP) is 2.10. The molecule has 0 saturated carbocycles. The van der Waals surface area contributed by atoms with E-state index in [1.54, 1.807) is 16.7 Å². The zero-order valence-corrected chi connectivity index (χ0v) is 14.1. The molecule has 0 N–H and O–H groups in total. The fourth-order valence-corrected chi connectivity index (χ4v) is 4.01. The second-order valence-electron chi connectivity index (χ2n) is 5.05. The number of aryl methyl sites for hydroxylation is 2. The van der Waals surface area contributed by atoms with Crippen LogP contribution in [0.25, 0.3) is 10.6 Å². The molecule has 0 radical (unpaired) electrons. The van der Waals surface area contributed by atoms with E-state index < -0.39 is 0 Å². The Bertz CT molecular complexity index is 1080. The number of hydrogen-bond donors (Lipinski definition) is 0. The van der Waals surface area contributed by atoms with Crippen LogP contribution in [0.4, 0.5) is 0 Å². The lowest BCUT2D eigenvalue weighted by atomic mass is 10.4. The van der Waals surface area contributed by atoms with Crippen molar-refractivity contribution in [3.05, 3.63) is 51.3 Å². The summed E-state index contributed by atoms with van der Waals surface area (Å²) in [6, 6.07) is 3.46. The maximum absolute atomic E-state index is 12.0. The van der Waals surface area contributed by atoms with E-state index in [0.717, 1.165) is 28.0 Å². The Kier molecular flexibility index (Phi) is 3.38. The highest BCUT2D eigenvalue weighted by molar-refractivity contribution is 7.98. The minimum atomic E-state index is -0.0635. The summed E-state index contributed by atoms with van der Waals surface area (Å²) >= 11 is 2.94. The topological polar surface area (TPSA) is 77.5 Å². The Labute approximate surface area is 139 Å². The first kappa shape index (κ1) is 14.3. The van der Waals surface area contributed by atoms with Crippen molar-refractivity contribution < 1.29 is 0 Å². The number of aromatic nitrogens is 6. The van der Waals surface area contributed by atoms with Gasteiger partial charge in [-0.3, -0.25) is 13.6 Å². The molecule has 0 aliphatic heterocycles. The van der Waals surface area contributed by atoms with Gasteiger partial charge in [-0.05, 0) is 13.8 Å². The molecule has 0 atom stereocenters. The summed E-state index contributed by atoms with van der Waals surface area (Å²) in [5, 5.41) is 11.0. The van der Waals surface area contributed by atoms with Crippen LogP contribution in [0.2, 0.25) is 0 Å². The van der Waals surface area contributed by atoms with Crippen LogP contribution < -0.4 is 5.56 Å². The third-order valence-electron chi connectivity index (χ3n) is 3.36. The van der Waals surface area contributed by atoms with Gasteiger partial charge in [0.25, 0.3) is 5.56 Å². The molecule has 0 unspecified atom stereocenters. The molecule has 4 heterocycles. The Balaban J connectivity index is 1.67. The summed E-state index contributed by atoms with van der Waals surface area (Å²) in [5.41, 5.74) is 2.36. The van der Waals surface area contributed by atoms with Gasteiger partial charge in [-0.1, -0.05) is 11.8 Å². The van der Waals surface area contributed by atoms with Crippen LogP contribution in [0.1, 0.15) is 17.2 Å². The Morgan fingerprint density at radius 2 is 2.09 bits per heavy atom. The maximum atomic E-state index is 12.0. The van der Waals surface area contributed by atoms with Crippen LogP contribution in [0.15, 0.2) is 33.7 Å². The summed E-state index contributed by atoms with van der Waals surface area (Å²) in [5.74, 6) is 1.40. The second-order valence-corrected chi connectivity index (χ2v) is 6.87. The number of fused-ring (bicyclic) bond motifs is 2. The molecule has 4 aromatic heterocycles. The Hall–Kier alpha value is -2.26. The lowest BCUT2D eigenvalue weighted by Gasteiger charge is -2.04. The lowest BCUT2D eigenvalue weighted by Crippen LogP contribution is -2.12. The maximum Gasteiger partial charge on any atom is 0.258 e. The van der Waals surface area contributed by atoms with Gasteiger partial charge in [-0.25, -0.2) is 9.97 Å². The van der Waals surface area contributed by atoms with Gasteiger partial charge in [0.15, 0.2) is 15.8 Å². The molecular weight excluding hydrogens is 332 g/mol. The molecule has 4 rings (SSSR count). The number of rotatable bonds is 3. The van der Waals surface area contributed by atoms with Gasteiger partial charge >= 0.3 is 0 Å². The lowest BCUT2D eigenvalue weighted by molar-refractivity contribution is 0.853. The first-order valence-corrected chi connectivity index (χ1v) is 8.76. The molecule has 0 bridgehead atoms. The third kappa shape index (κ3) is 2.51. The molecule has 4 aromatic rings. The van der Waals surface area contributed by atoms with Crippen molar-refractivity contribution in [2.24, 2.45) is 0 Å². The number of thioether (sulfide) groups is 1. The highest BCUT2D eigenvalue weighted by Crippen LogP contribution is 2.22. The van der Waals surface area contributed by atoms with Crippen molar-refractivity contribution >= 4 is 33.7 Å². The Morgan fingerprint density at radius 1 is 1.22 bits per heavy atom. The first-order chi connectivity index (χ1) is 11.1. The van der Waals surface area contributed by atoms with Gasteiger partial charge in [0.05, 0.1) is 5.69 Å². The van der Waals surface area contributed by atoms with Crippen LogP contribution in [0.5, 0.6) is 0 Å². The van der Waals surface area contributed by atoms with Gasteiger partial charge in [-0.15, -0.1) is 21.5 Å². The van der Waals surface area contributed by atoms with Crippen molar-refractivity contribution in [2.45, 2.75) is 24.8 Å². The van der Waals surface area contributed by atoms with Gasteiger partial charge in [0, 0.05) is 35.2 Å². The Morgan fingerprint density at radius 3 is 2.96 bits per heavy atom. The fourth-order valence-electron chi connectivity index (χ4n) is 2.40. The highest BCUT2D eigenvalue weighted by atomic mass is 32.2. The molecule has 116 valence electrons. The van der Waals surface area contributed by atoms with E-state index in [1.807, 2.05) is 29.7 Å². The summed E-state index contributed by atoms with van der Waals surface area (Å²) in [4.78, 5) is 21.6. The van der Waals surface area contributed by atoms with Gasteiger partial charge < -0.3 is 0 Å². The third-order valence-corrected chi connectivity index (χ3v) is 5.08. The SMILES string of the molecule is Cc1cc2nnc(SCc3cc(=O)n4ccsc4n3)n2c(C)n1. The van der Waals surface area contributed by atoms with Gasteiger partial charge in [-0.2, -0.15) is 0 Å². The van der Waals surface area contributed by atoms with Crippen LogP contribution in [0.3, 0.4) is 0 Å². The minimum absolute atomic E-state index is 0.0635. The molecule has 0 amide bonds. The van der Waals surface area contributed by atoms with E-state index in [-0.39, 0.29) is 5.56 Å².